The van der Waals surface area contributed by atoms with Crippen LogP contribution in [0.2, 0.25) is 0 Å². The van der Waals surface area contributed by atoms with Gasteiger partial charge in [0.2, 0.25) is 0 Å². The molecule has 1 N–H and O–H groups in total. The second-order valence-corrected chi connectivity index (χ2v) is 6.46. The van der Waals surface area contributed by atoms with E-state index in [1.165, 1.54) is 0 Å². The predicted octanol–water partition coefficient (Wildman–Crippen LogP) is 1.50. The highest BCUT2D eigenvalue weighted by Gasteiger charge is 2.42. The maximum absolute atomic E-state index is 12.7. The molecule has 0 saturated heterocycles. The van der Waals surface area contributed by atoms with Gasteiger partial charge in [-0.2, -0.15) is 4.36 Å². The largest absolute Gasteiger partial charge is 0.227 e. The summed E-state index contributed by atoms with van der Waals surface area (Å²) in [6, 6.07) is 7.79. The van der Waals surface area contributed by atoms with E-state index in [4.69, 9.17) is 0 Å². The third kappa shape index (κ3) is 1.17. The zero-order chi connectivity index (χ0) is 10.7. The lowest BCUT2D eigenvalue weighted by Crippen LogP contribution is -2.42. The monoisotopic (exact) mass is 223 g/mol. The molecule has 5 heteroatoms. The Morgan fingerprint density at radius 3 is 3.00 bits per heavy atom. The first-order valence-electron chi connectivity index (χ1n) is 4.93. The van der Waals surface area contributed by atoms with Crippen LogP contribution in [0.15, 0.2) is 33.5 Å². The van der Waals surface area contributed by atoms with Gasteiger partial charge >= 0.3 is 0 Å². The predicted molar refractivity (Wildman–Crippen MR) is 58.0 cm³/mol. The van der Waals surface area contributed by atoms with Gasteiger partial charge in [0.1, 0.15) is 5.66 Å². The molecule has 0 aliphatic carbocycles. The third-order valence-corrected chi connectivity index (χ3v) is 5.11. The fourth-order valence-electron chi connectivity index (χ4n) is 2.09. The van der Waals surface area contributed by atoms with Crippen molar-refractivity contribution in [3.63, 3.8) is 0 Å². The van der Waals surface area contributed by atoms with Crippen LogP contribution in [0.3, 0.4) is 0 Å². The Labute approximate surface area is 89.6 Å². The molecule has 0 radical (unpaired) electrons. The zero-order valence-corrected chi connectivity index (χ0v) is 9.54. The fourth-order valence-corrected chi connectivity index (χ4v) is 4.57. The Morgan fingerprint density at radius 2 is 2.20 bits per heavy atom. The van der Waals surface area contributed by atoms with Gasteiger partial charge in [-0.1, -0.05) is 18.2 Å². The molecule has 0 fully saturated rings. The van der Waals surface area contributed by atoms with Gasteiger partial charge < -0.3 is 0 Å². The molecule has 0 aromatic heterocycles. The van der Waals surface area contributed by atoms with Crippen LogP contribution in [0, 0.1) is 0 Å². The number of rotatable bonds is 0. The van der Waals surface area contributed by atoms with Gasteiger partial charge in [-0.05, 0) is 25.5 Å². The van der Waals surface area contributed by atoms with E-state index in [1.807, 2.05) is 38.1 Å². The lowest BCUT2D eigenvalue weighted by molar-refractivity contribution is 0.255. The van der Waals surface area contributed by atoms with Crippen LogP contribution in [-0.2, 0) is 16.5 Å². The van der Waals surface area contributed by atoms with Crippen LogP contribution < -0.4 is 5.43 Å². The molecule has 1 atom stereocenters. The maximum atomic E-state index is 12.7. The Morgan fingerprint density at radius 1 is 1.47 bits per heavy atom. The number of hydrogen-bond donors (Lipinski definition) is 1. The van der Waals surface area contributed by atoms with E-state index in [0.717, 1.165) is 10.5 Å². The molecule has 3 rings (SSSR count). The Balaban J connectivity index is 2.29. The molecule has 2 heterocycles. The fraction of sp³-hybridized carbons (Fsp3) is 0.400. The normalized spacial score (nSPS) is 32.1. The van der Waals surface area contributed by atoms with Crippen LogP contribution in [-0.4, -0.2) is 14.3 Å². The topological polar surface area (TPSA) is 44.7 Å². The number of nitrogens with zero attached hydrogens (tertiary/aromatic N) is 2. The first kappa shape index (κ1) is 9.33. The minimum absolute atomic E-state index is 0.426. The molecular formula is C10H13N3OS. The number of nitrogens with one attached hydrogen (secondary N) is 1. The second-order valence-electron chi connectivity index (χ2n) is 4.40. The molecule has 0 bridgehead atoms. The first-order chi connectivity index (χ1) is 7.01. The van der Waals surface area contributed by atoms with Crippen molar-refractivity contribution in [3.8, 4) is 0 Å². The van der Waals surface area contributed by atoms with E-state index in [9.17, 15) is 4.21 Å². The van der Waals surface area contributed by atoms with Crippen LogP contribution in [0.1, 0.15) is 19.4 Å². The molecular weight excluding hydrogens is 210 g/mol. The first-order valence-corrected chi connectivity index (χ1v) is 6.40. The zero-order valence-electron chi connectivity index (χ0n) is 8.73. The summed E-state index contributed by atoms with van der Waals surface area (Å²) in [7, 11) is -2.38. The quantitative estimate of drug-likeness (QED) is 0.724. The molecule has 15 heavy (non-hydrogen) atoms. The molecule has 1 aromatic carbocycles. The summed E-state index contributed by atoms with van der Waals surface area (Å²) in [5.74, 6) is 0. The van der Waals surface area contributed by atoms with E-state index in [1.54, 1.807) is 4.41 Å². The Bertz CT molecular complexity index is 543. The number of hydrazine groups is 1. The second kappa shape index (κ2) is 2.61. The van der Waals surface area contributed by atoms with Crippen LogP contribution in [0.4, 0.5) is 0 Å². The van der Waals surface area contributed by atoms with Crippen molar-refractivity contribution in [2.75, 3.05) is 0 Å². The number of fused-ring (bicyclic) bond motifs is 3. The van der Waals surface area contributed by atoms with Crippen molar-refractivity contribution >= 4 is 9.92 Å². The summed E-state index contributed by atoms with van der Waals surface area (Å²) in [6.45, 7) is 4.53. The van der Waals surface area contributed by atoms with Crippen LogP contribution in [0.25, 0.3) is 0 Å². The summed E-state index contributed by atoms with van der Waals surface area (Å²) < 4.78 is 18.8. The molecule has 0 spiro atoms. The lowest BCUT2D eigenvalue weighted by Gasteiger charge is -2.17. The van der Waals surface area contributed by atoms with Gasteiger partial charge in [0.25, 0.3) is 0 Å². The summed E-state index contributed by atoms with van der Waals surface area (Å²) >= 11 is 0. The van der Waals surface area contributed by atoms with Crippen molar-refractivity contribution in [2.45, 2.75) is 31.0 Å². The highest BCUT2D eigenvalue weighted by atomic mass is 32.2. The van der Waals surface area contributed by atoms with Crippen LogP contribution in [0.5, 0.6) is 0 Å². The summed E-state index contributed by atoms with van der Waals surface area (Å²) in [4.78, 5) is 0.864. The average molecular weight is 223 g/mol. The van der Waals surface area contributed by atoms with Crippen molar-refractivity contribution < 1.29 is 4.21 Å². The average Bonchev–Trinajstić information content (AvgIpc) is 2.51. The van der Waals surface area contributed by atoms with Crippen molar-refractivity contribution in [1.29, 1.82) is 0 Å². The van der Waals surface area contributed by atoms with Crippen molar-refractivity contribution in [1.82, 2.24) is 9.84 Å². The minimum atomic E-state index is -2.38. The minimum Gasteiger partial charge on any atom is -0.227 e. The molecule has 2 aliphatic rings. The van der Waals surface area contributed by atoms with E-state index in [0.29, 0.717) is 6.54 Å². The van der Waals surface area contributed by atoms with Crippen molar-refractivity contribution in [3.05, 3.63) is 29.8 Å². The van der Waals surface area contributed by atoms with Gasteiger partial charge in [-0.3, -0.25) is 0 Å². The van der Waals surface area contributed by atoms with Gasteiger partial charge in [-0.25, -0.2) is 9.63 Å². The maximum Gasteiger partial charge on any atom is 0.155 e. The van der Waals surface area contributed by atoms with E-state index in [2.05, 4.69) is 9.79 Å². The lowest BCUT2D eigenvalue weighted by atomic mass is 10.2. The highest BCUT2D eigenvalue weighted by molar-refractivity contribution is 7.91. The van der Waals surface area contributed by atoms with E-state index >= 15 is 0 Å². The third-order valence-electron chi connectivity index (χ3n) is 2.62. The number of benzene rings is 1. The summed E-state index contributed by atoms with van der Waals surface area (Å²) in [6.07, 6.45) is 0. The van der Waals surface area contributed by atoms with Crippen LogP contribution >= 0.6 is 0 Å². The molecule has 80 valence electrons. The van der Waals surface area contributed by atoms with Gasteiger partial charge in [0.15, 0.2) is 9.92 Å². The van der Waals surface area contributed by atoms with Gasteiger partial charge in [-0.15, -0.1) is 4.41 Å². The smallest absolute Gasteiger partial charge is 0.155 e. The van der Waals surface area contributed by atoms with Gasteiger partial charge in [0, 0.05) is 0 Å². The Kier molecular flexibility index (Phi) is 1.62. The summed E-state index contributed by atoms with van der Waals surface area (Å²) in [5.41, 5.74) is 3.85. The summed E-state index contributed by atoms with van der Waals surface area (Å²) in [5, 5.41) is 0. The molecule has 2 aliphatic heterocycles. The SMILES string of the molecule is CC1(C)N=S2(=O)c3ccccc3CN2N1. The van der Waals surface area contributed by atoms with E-state index < -0.39 is 15.6 Å². The molecule has 0 amide bonds. The van der Waals surface area contributed by atoms with E-state index in [-0.39, 0.29) is 0 Å². The molecule has 4 nitrogen and oxygen atoms in total. The van der Waals surface area contributed by atoms with Crippen molar-refractivity contribution in [2.24, 2.45) is 4.36 Å². The van der Waals surface area contributed by atoms with Gasteiger partial charge in [0.05, 0.1) is 11.4 Å². The molecule has 1 unspecified atom stereocenters. The standard InChI is InChI=1S/C10H13N3OS/c1-10(2)11-13-7-8-5-3-4-6-9(8)15(13,14)12-10/h3-6,11H,7H2,1-2H3. The molecule has 1 aromatic rings. The highest BCUT2D eigenvalue weighted by Crippen LogP contribution is 2.36. The Hall–Kier alpha value is -0.910. The molecule has 0 saturated carbocycles. The number of hydrogen-bond acceptors (Lipinski definition) is 3.